The second-order valence-corrected chi connectivity index (χ2v) is 8.05. The number of ether oxygens (including phenoxy) is 1. The summed E-state index contributed by atoms with van der Waals surface area (Å²) in [6.45, 7) is 3.73. The molecule has 1 aromatic carbocycles. The third-order valence-corrected chi connectivity index (χ3v) is 5.90. The molecule has 0 bridgehead atoms. The fourth-order valence-corrected chi connectivity index (χ4v) is 4.50. The van der Waals surface area contributed by atoms with Gasteiger partial charge >= 0.3 is 5.97 Å². The van der Waals surface area contributed by atoms with Gasteiger partial charge in [-0.25, -0.2) is 9.79 Å². The number of allylic oxidation sites excluding steroid dienone is 1. The number of fused-ring (bicyclic) bond motifs is 1. The Hall–Kier alpha value is -3.03. The van der Waals surface area contributed by atoms with E-state index in [-0.39, 0.29) is 12.2 Å². The van der Waals surface area contributed by atoms with E-state index in [0.29, 0.717) is 31.3 Å². The molecule has 0 saturated carbocycles. The zero-order chi connectivity index (χ0) is 21.3. The zero-order valence-corrected chi connectivity index (χ0v) is 17.9. The van der Waals surface area contributed by atoms with Gasteiger partial charge in [-0.15, -0.1) is 0 Å². The van der Waals surface area contributed by atoms with Crippen molar-refractivity contribution in [2.24, 2.45) is 4.99 Å². The Bertz CT molecular complexity index is 1310. The lowest BCUT2D eigenvalue weighted by atomic mass is 9.96. The highest BCUT2D eigenvalue weighted by Crippen LogP contribution is 2.31. The highest BCUT2D eigenvalue weighted by atomic mass is 35.5. The number of hydrogen-bond acceptors (Lipinski definition) is 6. The van der Waals surface area contributed by atoms with Gasteiger partial charge in [0.1, 0.15) is 0 Å². The van der Waals surface area contributed by atoms with Gasteiger partial charge in [0.2, 0.25) is 0 Å². The van der Waals surface area contributed by atoms with Gasteiger partial charge in [-0.1, -0.05) is 41.1 Å². The van der Waals surface area contributed by atoms with Crippen LogP contribution in [0.1, 0.15) is 31.1 Å². The van der Waals surface area contributed by atoms with E-state index in [0.717, 1.165) is 5.56 Å². The number of benzene rings is 1. The molecular weight excluding hydrogens is 422 g/mol. The van der Waals surface area contributed by atoms with Crippen LogP contribution in [0.3, 0.4) is 0 Å². The Morgan fingerprint density at radius 2 is 2.03 bits per heavy atom. The Balaban J connectivity index is 1.96. The largest absolute Gasteiger partial charge is 0.463 e. The van der Waals surface area contributed by atoms with Crippen molar-refractivity contribution in [3.63, 3.8) is 0 Å². The molecule has 2 aromatic heterocycles. The van der Waals surface area contributed by atoms with Crippen LogP contribution in [0.25, 0.3) is 6.08 Å². The minimum Gasteiger partial charge on any atom is -0.463 e. The summed E-state index contributed by atoms with van der Waals surface area (Å²) in [6.07, 6.45) is 3.40. The molecule has 3 heterocycles. The van der Waals surface area contributed by atoms with E-state index >= 15 is 0 Å². The number of carbonyl (C=O) groups excluding carboxylic acids is 1. The molecule has 0 aliphatic carbocycles. The molecule has 3 aromatic rings. The molecule has 152 valence electrons. The third kappa shape index (κ3) is 3.74. The summed E-state index contributed by atoms with van der Waals surface area (Å²) in [4.78, 5) is 35.5. The molecule has 0 amide bonds. The topological polar surface area (TPSA) is 73.6 Å². The predicted molar refractivity (Wildman–Crippen MR) is 116 cm³/mol. The number of nitrogens with zero attached hydrogens (tertiary/aromatic N) is 3. The van der Waals surface area contributed by atoms with Gasteiger partial charge in [0.15, 0.2) is 4.80 Å². The number of halogens is 1. The number of pyridine rings is 1. The number of rotatable bonds is 4. The second-order valence-electron chi connectivity index (χ2n) is 6.61. The van der Waals surface area contributed by atoms with E-state index in [9.17, 15) is 9.59 Å². The summed E-state index contributed by atoms with van der Waals surface area (Å²) in [5.74, 6) is -0.488. The van der Waals surface area contributed by atoms with Gasteiger partial charge in [-0.2, -0.15) is 0 Å². The van der Waals surface area contributed by atoms with Crippen molar-refractivity contribution in [3.8, 4) is 0 Å². The van der Waals surface area contributed by atoms with Crippen LogP contribution in [0.15, 0.2) is 69.7 Å². The van der Waals surface area contributed by atoms with Crippen LogP contribution in [0.5, 0.6) is 0 Å². The minimum absolute atomic E-state index is 0.229. The molecule has 0 spiro atoms. The van der Waals surface area contributed by atoms with E-state index < -0.39 is 12.0 Å². The molecule has 6 nitrogen and oxygen atoms in total. The smallest absolute Gasteiger partial charge is 0.338 e. The first-order valence-electron chi connectivity index (χ1n) is 9.35. The van der Waals surface area contributed by atoms with Crippen molar-refractivity contribution in [2.45, 2.75) is 19.9 Å². The number of thiazole rings is 1. The molecule has 0 N–H and O–H groups in total. The second kappa shape index (κ2) is 8.38. The summed E-state index contributed by atoms with van der Waals surface area (Å²) in [7, 11) is 0. The lowest BCUT2D eigenvalue weighted by Gasteiger charge is -2.24. The van der Waals surface area contributed by atoms with Crippen molar-refractivity contribution in [1.29, 1.82) is 0 Å². The molecule has 30 heavy (non-hydrogen) atoms. The molecule has 0 saturated heterocycles. The molecule has 0 unspecified atom stereocenters. The van der Waals surface area contributed by atoms with Crippen molar-refractivity contribution >= 4 is 35.0 Å². The monoisotopic (exact) mass is 439 g/mol. The Morgan fingerprint density at radius 1 is 1.27 bits per heavy atom. The van der Waals surface area contributed by atoms with Crippen LogP contribution < -0.4 is 14.9 Å². The normalized spacial score (nSPS) is 16.2. The fourth-order valence-electron chi connectivity index (χ4n) is 3.35. The van der Waals surface area contributed by atoms with E-state index in [1.54, 1.807) is 55.0 Å². The molecule has 1 aliphatic heterocycles. The minimum atomic E-state index is -0.650. The van der Waals surface area contributed by atoms with Crippen molar-refractivity contribution in [3.05, 3.63) is 95.9 Å². The van der Waals surface area contributed by atoms with Crippen molar-refractivity contribution in [1.82, 2.24) is 9.55 Å². The number of esters is 1. The molecular formula is C22H18ClN3O3S. The van der Waals surface area contributed by atoms with Crippen molar-refractivity contribution < 1.29 is 9.53 Å². The number of hydrogen-bond donors (Lipinski definition) is 0. The van der Waals surface area contributed by atoms with E-state index in [4.69, 9.17) is 16.3 Å². The quantitative estimate of drug-likeness (QED) is 0.586. The average molecular weight is 440 g/mol. The maximum absolute atomic E-state index is 13.4. The third-order valence-electron chi connectivity index (χ3n) is 4.67. The number of aromatic nitrogens is 2. The molecule has 4 rings (SSSR count). The Kier molecular flexibility index (Phi) is 5.65. The summed E-state index contributed by atoms with van der Waals surface area (Å²) >= 11 is 7.32. The van der Waals surface area contributed by atoms with Crippen LogP contribution in [-0.2, 0) is 9.53 Å². The predicted octanol–water partition coefficient (Wildman–Crippen LogP) is 2.85. The van der Waals surface area contributed by atoms with Crippen LogP contribution in [0, 0.1) is 0 Å². The van der Waals surface area contributed by atoms with Crippen LogP contribution in [0.2, 0.25) is 5.02 Å². The SMILES string of the molecule is CCOC(=O)C1=C(C)N=c2s/c(=C\c3ccccn3)c(=O)n2[C@@H]1c1ccc(Cl)cc1. The highest BCUT2D eigenvalue weighted by molar-refractivity contribution is 7.07. The molecule has 0 radical (unpaired) electrons. The standard InChI is InChI=1S/C22H18ClN3O3S/c1-3-29-21(28)18-13(2)25-22-26(19(18)14-7-9-15(23)10-8-14)20(27)17(30-22)12-16-6-4-5-11-24-16/h4-12,19H,3H2,1-2H3/b17-12-/t19-/m1/s1. The van der Waals surface area contributed by atoms with Gasteiger partial charge in [0.25, 0.3) is 5.56 Å². The Labute approximate surface area is 181 Å². The van der Waals surface area contributed by atoms with Gasteiger partial charge in [-0.3, -0.25) is 14.3 Å². The first-order chi connectivity index (χ1) is 14.5. The van der Waals surface area contributed by atoms with Crippen LogP contribution in [-0.4, -0.2) is 22.1 Å². The maximum Gasteiger partial charge on any atom is 0.338 e. The van der Waals surface area contributed by atoms with Crippen molar-refractivity contribution in [2.75, 3.05) is 6.61 Å². The van der Waals surface area contributed by atoms with Crippen LogP contribution >= 0.6 is 22.9 Å². The molecule has 1 aliphatic rings. The van der Waals surface area contributed by atoms with Gasteiger partial charge in [0, 0.05) is 11.2 Å². The lowest BCUT2D eigenvalue weighted by Crippen LogP contribution is -2.39. The van der Waals surface area contributed by atoms with Gasteiger partial charge in [0.05, 0.1) is 34.1 Å². The summed E-state index contributed by atoms with van der Waals surface area (Å²) in [6, 6.07) is 11.9. The summed E-state index contributed by atoms with van der Waals surface area (Å²) in [5.41, 5.74) is 2.06. The molecule has 8 heteroatoms. The Morgan fingerprint density at radius 3 is 2.70 bits per heavy atom. The zero-order valence-electron chi connectivity index (χ0n) is 16.3. The summed E-state index contributed by atoms with van der Waals surface area (Å²) in [5, 5.41) is 0.569. The maximum atomic E-state index is 13.4. The number of carbonyl (C=O) groups is 1. The first kappa shape index (κ1) is 20.3. The molecule has 0 fully saturated rings. The highest BCUT2D eigenvalue weighted by Gasteiger charge is 2.33. The van der Waals surface area contributed by atoms with Crippen LogP contribution in [0.4, 0.5) is 0 Å². The van der Waals surface area contributed by atoms with Gasteiger partial charge in [-0.05, 0) is 49.8 Å². The summed E-state index contributed by atoms with van der Waals surface area (Å²) < 4.78 is 7.31. The fraction of sp³-hybridized carbons (Fsp3) is 0.182. The lowest BCUT2D eigenvalue weighted by molar-refractivity contribution is -0.139. The average Bonchev–Trinajstić information content (AvgIpc) is 3.03. The first-order valence-corrected chi connectivity index (χ1v) is 10.5. The van der Waals surface area contributed by atoms with E-state index in [2.05, 4.69) is 9.98 Å². The van der Waals surface area contributed by atoms with E-state index in [1.807, 2.05) is 18.2 Å². The van der Waals surface area contributed by atoms with Gasteiger partial charge < -0.3 is 4.74 Å². The molecule has 1 atom stereocenters. The van der Waals surface area contributed by atoms with E-state index in [1.165, 1.54) is 11.3 Å².